The van der Waals surface area contributed by atoms with Crippen LogP contribution in [-0.4, -0.2) is 74.8 Å². The number of fused-ring (bicyclic) bond motifs is 1. The Morgan fingerprint density at radius 2 is 1.82 bits per heavy atom. The van der Waals surface area contributed by atoms with Crippen LogP contribution in [0.3, 0.4) is 0 Å². The first-order chi connectivity index (χ1) is 15.7. The Kier molecular flexibility index (Phi) is 6.62. The Balaban J connectivity index is 1.67. The van der Waals surface area contributed by atoms with E-state index in [1.54, 1.807) is 24.3 Å². The summed E-state index contributed by atoms with van der Waals surface area (Å²) in [7, 11) is -3.80. The van der Waals surface area contributed by atoms with Gasteiger partial charge in [0.1, 0.15) is 5.75 Å². The lowest BCUT2D eigenvalue weighted by atomic mass is 10.1. The molecule has 1 saturated heterocycles. The van der Waals surface area contributed by atoms with Crippen LogP contribution in [0.2, 0.25) is 5.02 Å². The molecule has 2 aliphatic heterocycles. The van der Waals surface area contributed by atoms with Gasteiger partial charge in [-0.25, -0.2) is 8.42 Å². The number of para-hydroxylation sites is 2. The van der Waals surface area contributed by atoms with Gasteiger partial charge in [0.05, 0.1) is 27.7 Å². The molecule has 1 unspecified atom stereocenters. The van der Waals surface area contributed by atoms with Crippen LogP contribution in [0.4, 0.5) is 5.69 Å². The number of rotatable bonds is 5. The molecule has 2 N–H and O–H groups in total. The number of carbonyl (C=O) groups is 2. The minimum atomic E-state index is -3.80. The van der Waals surface area contributed by atoms with Gasteiger partial charge in [-0.2, -0.15) is 4.31 Å². The topological polar surface area (TPSA) is 113 Å². The van der Waals surface area contributed by atoms with E-state index in [0.29, 0.717) is 37.6 Å². The molecule has 2 aromatic rings. The van der Waals surface area contributed by atoms with Gasteiger partial charge in [-0.15, -0.1) is 0 Å². The molecule has 176 valence electrons. The summed E-state index contributed by atoms with van der Waals surface area (Å²) in [4.78, 5) is 28.8. The van der Waals surface area contributed by atoms with Gasteiger partial charge >= 0.3 is 0 Å². The summed E-state index contributed by atoms with van der Waals surface area (Å²) in [5.74, 6) is -0.930. The number of piperazine rings is 1. The van der Waals surface area contributed by atoms with Crippen molar-refractivity contribution in [1.29, 1.82) is 0 Å². The number of sulfonamides is 1. The summed E-state index contributed by atoms with van der Waals surface area (Å²) in [6.45, 7) is 4.83. The highest BCUT2D eigenvalue weighted by Crippen LogP contribution is 2.35. The molecule has 33 heavy (non-hydrogen) atoms. The third kappa shape index (κ3) is 4.56. The van der Waals surface area contributed by atoms with Crippen LogP contribution in [0.1, 0.15) is 17.3 Å². The minimum absolute atomic E-state index is 0.00630. The first kappa shape index (κ1) is 23.5. The molecule has 9 nitrogen and oxygen atoms in total. The molecule has 11 heteroatoms. The van der Waals surface area contributed by atoms with Crippen molar-refractivity contribution in [3.8, 4) is 5.75 Å². The smallest absolute Gasteiger partial charge is 0.260 e. The van der Waals surface area contributed by atoms with Crippen LogP contribution in [0.5, 0.6) is 5.75 Å². The van der Waals surface area contributed by atoms with Crippen LogP contribution in [0.15, 0.2) is 47.4 Å². The van der Waals surface area contributed by atoms with Crippen molar-refractivity contribution in [2.45, 2.75) is 17.9 Å². The van der Waals surface area contributed by atoms with Gasteiger partial charge < -0.3 is 20.3 Å². The molecular weight excluding hydrogens is 468 g/mol. The normalized spacial score (nSPS) is 19.6. The molecule has 0 aromatic heterocycles. The quantitative estimate of drug-likeness (QED) is 0.677. The molecule has 4 rings (SSSR count). The summed E-state index contributed by atoms with van der Waals surface area (Å²) >= 11 is 6.32. The van der Waals surface area contributed by atoms with E-state index in [1.807, 2.05) is 6.92 Å². The van der Waals surface area contributed by atoms with E-state index in [1.165, 1.54) is 27.4 Å². The average molecular weight is 493 g/mol. The number of anilines is 1. The van der Waals surface area contributed by atoms with Gasteiger partial charge in [0, 0.05) is 26.2 Å². The molecule has 2 aliphatic rings. The average Bonchev–Trinajstić information content (AvgIpc) is 2.83. The van der Waals surface area contributed by atoms with Crippen LogP contribution < -0.4 is 15.4 Å². The summed E-state index contributed by atoms with van der Waals surface area (Å²) < 4.78 is 33.5. The van der Waals surface area contributed by atoms with Crippen molar-refractivity contribution in [2.24, 2.45) is 5.73 Å². The Morgan fingerprint density at radius 1 is 1.12 bits per heavy atom. The lowest BCUT2D eigenvalue weighted by Crippen LogP contribution is -2.49. The summed E-state index contributed by atoms with van der Waals surface area (Å²) in [6, 6.07) is 10.8. The number of ether oxygens (including phenoxy) is 1. The first-order valence-electron chi connectivity index (χ1n) is 10.6. The van der Waals surface area contributed by atoms with E-state index >= 15 is 0 Å². The number of benzene rings is 2. The molecule has 0 bridgehead atoms. The number of primary amides is 1. The fourth-order valence-corrected chi connectivity index (χ4v) is 5.63. The van der Waals surface area contributed by atoms with Crippen molar-refractivity contribution in [3.63, 3.8) is 0 Å². The Morgan fingerprint density at radius 3 is 2.48 bits per heavy atom. The number of hydrogen-bond donors (Lipinski definition) is 1. The van der Waals surface area contributed by atoms with E-state index in [2.05, 4.69) is 4.90 Å². The Bertz CT molecular complexity index is 1180. The van der Waals surface area contributed by atoms with Gasteiger partial charge in [-0.05, 0) is 36.9 Å². The molecule has 2 aromatic carbocycles. The van der Waals surface area contributed by atoms with Crippen molar-refractivity contribution < 1.29 is 22.7 Å². The van der Waals surface area contributed by atoms with E-state index in [-0.39, 0.29) is 22.0 Å². The van der Waals surface area contributed by atoms with Gasteiger partial charge in [-0.1, -0.05) is 30.7 Å². The van der Waals surface area contributed by atoms with Crippen molar-refractivity contribution in [1.82, 2.24) is 9.21 Å². The zero-order valence-corrected chi connectivity index (χ0v) is 19.7. The molecule has 0 radical (unpaired) electrons. The second kappa shape index (κ2) is 9.30. The monoisotopic (exact) mass is 492 g/mol. The van der Waals surface area contributed by atoms with Crippen LogP contribution in [0, 0.1) is 0 Å². The van der Waals surface area contributed by atoms with Gasteiger partial charge in [-0.3, -0.25) is 9.59 Å². The fourth-order valence-electron chi connectivity index (χ4n) is 3.98. The van der Waals surface area contributed by atoms with Crippen molar-refractivity contribution in [2.75, 3.05) is 44.2 Å². The number of nitrogens with two attached hydrogens (primary N) is 1. The fraction of sp³-hybridized carbons (Fsp3) is 0.364. The summed E-state index contributed by atoms with van der Waals surface area (Å²) in [6.07, 6.45) is -1.04. The Labute approximate surface area is 197 Å². The lowest BCUT2D eigenvalue weighted by molar-refractivity contribution is -0.124. The number of halogens is 1. The molecule has 1 fully saturated rings. The second-order valence-electron chi connectivity index (χ2n) is 7.87. The highest BCUT2D eigenvalue weighted by atomic mass is 35.5. The third-order valence-corrected chi connectivity index (χ3v) is 8.14. The second-order valence-corrected chi connectivity index (χ2v) is 10.2. The molecule has 0 spiro atoms. The van der Waals surface area contributed by atoms with Crippen LogP contribution >= 0.6 is 11.6 Å². The summed E-state index contributed by atoms with van der Waals surface area (Å²) in [5.41, 5.74) is 5.89. The van der Waals surface area contributed by atoms with E-state index in [0.717, 1.165) is 6.54 Å². The molecular formula is C22H25ClN4O5S. The zero-order chi connectivity index (χ0) is 23.8. The van der Waals surface area contributed by atoms with Crippen LogP contribution in [0.25, 0.3) is 0 Å². The maximum absolute atomic E-state index is 13.5. The number of hydrogen-bond acceptors (Lipinski definition) is 6. The number of nitrogens with zero attached hydrogens (tertiary/aromatic N) is 3. The standard InChI is InChI=1S/C22H25ClN4O5S/c1-2-25-9-11-26(12-10-25)33(30,31)15-7-8-17(23)16(13-15)22(29)27-14-20(21(24)28)32-19-6-4-3-5-18(19)27/h3-8,13,20H,2,9-12,14H2,1H3,(H2,24,28). The largest absolute Gasteiger partial charge is 0.477 e. The number of carbonyl (C=O) groups excluding carboxylic acids is 2. The van der Waals surface area contributed by atoms with E-state index in [9.17, 15) is 18.0 Å². The first-order valence-corrected chi connectivity index (χ1v) is 12.4. The highest BCUT2D eigenvalue weighted by molar-refractivity contribution is 7.89. The van der Waals surface area contributed by atoms with Crippen molar-refractivity contribution >= 4 is 39.1 Å². The van der Waals surface area contributed by atoms with Gasteiger partial charge in [0.15, 0.2) is 6.10 Å². The zero-order valence-electron chi connectivity index (χ0n) is 18.1. The predicted molar refractivity (Wildman–Crippen MR) is 124 cm³/mol. The molecule has 2 heterocycles. The van der Waals surface area contributed by atoms with E-state index in [4.69, 9.17) is 22.1 Å². The van der Waals surface area contributed by atoms with Gasteiger partial charge in [0.2, 0.25) is 10.0 Å². The molecule has 2 amide bonds. The SMILES string of the molecule is CCN1CCN(S(=O)(=O)c2ccc(Cl)c(C(=O)N3CC(C(N)=O)Oc4ccccc43)c2)CC1. The number of likely N-dealkylation sites (N-methyl/N-ethyl adjacent to an activating group) is 1. The lowest BCUT2D eigenvalue weighted by Gasteiger charge is -2.34. The van der Waals surface area contributed by atoms with Crippen molar-refractivity contribution in [3.05, 3.63) is 53.1 Å². The van der Waals surface area contributed by atoms with Crippen LogP contribution in [-0.2, 0) is 14.8 Å². The highest BCUT2D eigenvalue weighted by Gasteiger charge is 2.35. The summed E-state index contributed by atoms with van der Waals surface area (Å²) in [5, 5.41) is 0.106. The molecule has 0 saturated carbocycles. The third-order valence-electron chi connectivity index (χ3n) is 5.92. The molecule has 1 atom stereocenters. The minimum Gasteiger partial charge on any atom is -0.477 e. The van der Waals surface area contributed by atoms with Gasteiger partial charge in [0.25, 0.3) is 11.8 Å². The predicted octanol–water partition coefficient (Wildman–Crippen LogP) is 1.56. The Hall–Kier alpha value is -2.66. The maximum atomic E-state index is 13.5. The molecule has 0 aliphatic carbocycles. The number of amides is 2. The van der Waals surface area contributed by atoms with E-state index < -0.39 is 27.9 Å². The maximum Gasteiger partial charge on any atom is 0.260 e.